The first-order valence-corrected chi connectivity index (χ1v) is 12.0. The number of rotatable bonds is 6. The quantitative estimate of drug-likeness (QED) is 0.156. The fourth-order valence-electron chi connectivity index (χ4n) is 3.94. The third-order valence-corrected chi connectivity index (χ3v) is 6.01. The van der Waals surface area contributed by atoms with Gasteiger partial charge in [0.2, 0.25) is 0 Å². The number of hydrogen-bond donors (Lipinski definition) is 3. The fraction of sp³-hybridized carbons (Fsp3) is 0.0714. The lowest BCUT2D eigenvalue weighted by Gasteiger charge is -2.16. The van der Waals surface area contributed by atoms with Crippen molar-refractivity contribution < 1.29 is 9.53 Å². The normalized spacial score (nSPS) is 10.9. The number of benzene rings is 4. The van der Waals surface area contributed by atoms with Crippen LogP contribution in [0.4, 0.5) is 21.9 Å². The average Bonchev–Trinajstić information content (AvgIpc) is 2.85. The highest BCUT2D eigenvalue weighted by Gasteiger charge is 2.10. The zero-order chi connectivity index (χ0) is 25.1. The number of carbonyl (C=O) groups is 1. The van der Waals surface area contributed by atoms with Crippen LogP contribution in [0.3, 0.4) is 0 Å². The van der Waals surface area contributed by atoms with Crippen LogP contribution in [-0.2, 0) is 11.3 Å². The lowest BCUT2D eigenvalue weighted by atomic mass is 10.1. The van der Waals surface area contributed by atoms with Crippen LogP contribution in [0.15, 0.2) is 84.9 Å². The second-order valence-electron chi connectivity index (χ2n) is 8.33. The third kappa shape index (κ3) is 5.46. The number of hydrazine groups is 1. The van der Waals surface area contributed by atoms with Crippen molar-refractivity contribution in [2.75, 3.05) is 16.2 Å². The van der Waals surface area contributed by atoms with E-state index in [-0.39, 0.29) is 6.61 Å². The Morgan fingerprint density at radius 1 is 0.806 bits per heavy atom. The summed E-state index contributed by atoms with van der Waals surface area (Å²) in [5.74, 6) is 0. The first-order chi connectivity index (χ1) is 17.4. The highest BCUT2D eigenvalue weighted by molar-refractivity contribution is 6.35. The minimum absolute atomic E-state index is 0.0932. The monoisotopic (exact) mass is 516 g/mol. The summed E-state index contributed by atoms with van der Waals surface area (Å²) in [4.78, 5) is 17.0. The Hall–Kier alpha value is -4.00. The SMILES string of the molecule is Cc1ccc2nc3ccccc3c(NNc3cccc(COC(=O)Nc4cc(Cl)cc(Cl)c4)c3)c2c1. The lowest BCUT2D eigenvalue weighted by molar-refractivity contribution is 0.155. The molecule has 4 aromatic carbocycles. The molecule has 1 aromatic heterocycles. The third-order valence-electron chi connectivity index (χ3n) is 5.57. The van der Waals surface area contributed by atoms with E-state index in [9.17, 15) is 4.79 Å². The minimum Gasteiger partial charge on any atom is -0.444 e. The molecule has 0 bridgehead atoms. The molecule has 0 saturated carbocycles. The summed E-state index contributed by atoms with van der Waals surface area (Å²) in [6, 6.07) is 26.6. The van der Waals surface area contributed by atoms with Crippen LogP contribution in [0.2, 0.25) is 10.0 Å². The molecule has 36 heavy (non-hydrogen) atoms. The van der Waals surface area contributed by atoms with Crippen molar-refractivity contribution in [1.29, 1.82) is 0 Å². The van der Waals surface area contributed by atoms with E-state index in [0.717, 1.165) is 44.3 Å². The number of anilines is 3. The first kappa shape index (κ1) is 23.7. The smallest absolute Gasteiger partial charge is 0.411 e. The average molecular weight is 517 g/mol. The molecule has 0 atom stereocenters. The van der Waals surface area contributed by atoms with Gasteiger partial charge in [-0.25, -0.2) is 9.78 Å². The molecule has 3 N–H and O–H groups in total. The van der Waals surface area contributed by atoms with Crippen LogP contribution in [0, 0.1) is 6.92 Å². The molecule has 1 heterocycles. The van der Waals surface area contributed by atoms with Gasteiger partial charge in [-0.1, -0.05) is 65.2 Å². The molecule has 0 aliphatic carbocycles. The molecule has 0 radical (unpaired) electrons. The van der Waals surface area contributed by atoms with E-state index in [1.165, 1.54) is 0 Å². The summed E-state index contributed by atoms with van der Waals surface area (Å²) < 4.78 is 5.37. The lowest BCUT2D eigenvalue weighted by Crippen LogP contribution is -2.14. The maximum atomic E-state index is 12.2. The number of nitrogens with zero attached hydrogens (tertiary/aromatic N) is 1. The highest BCUT2D eigenvalue weighted by atomic mass is 35.5. The van der Waals surface area contributed by atoms with Gasteiger partial charge in [0.1, 0.15) is 6.61 Å². The Morgan fingerprint density at radius 2 is 1.58 bits per heavy atom. The van der Waals surface area contributed by atoms with Gasteiger partial charge in [-0.05, 0) is 61.0 Å². The number of nitrogens with one attached hydrogen (secondary N) is 3. The van der Waals surface area contributed by atoms with Crippen molar-refractivity contribution in [1.82, 2.24) is 4.98 Å². The standard InChI is InChI=1S/C28H22Cl2N4O2/c1-17-9-10-26-24(11-17)27(23-7-2-3-8-25(23)32-26)34-33-21-6-4-5-18(12-21)16-36-28(35)31-22-14-19(29)13-20(30)15-22/h2-15,33H,16H2,1H3,(H,31,35)(H,32,34). The molecule has 5 rings (SSSR count). The van der Waals surface area contributed by atoms with Gasteiger partial charge >= 0.3 is 6.09 Å². The topological polar surface area (TPSA) is 75.3 Å². The maximum absolute atomic E-state index is 12.2. The molecular formula is C28H22Cl2N4O2. The number of halogens is 2. The molecule has 0 spiro atoms. The first-order valence-electron chi connectivity index (χ1n) is 11.2. The molecule has 0 aliphatic rings. The van der Waals surface area contributed by atoms with Crippen LogP contribution in [-0.4, -0.2) is 11.1 Å². The van der Waals surface area contributed by atoms with Gasteiger partial charge < -0.3 is 10.2 Å². The second-order valence-corrected chi connectivity index (χ2v) is 9.21. The van der Waals surface area contributed by atoms with Gasteiger partial charge in [0.15, 0.2) is 0 Å². The molecule has 8 heteroatoms. The van der Waals surface area contributed by atoms with Gasteiger partial charge in [0.05, 0.1) is 22.4 Å². The van der Waals surface area contributed by atoms with Crippen molar-refractivity contribution in [2.45, 2.75) is 13.5 Å². The molecule has 0 saturated heterocycles. The van der Waals surface area contributed by atoms with Crippen LogP contribution < -0.4 is 16.2 Å². The number of aryl methyl sites for hydroxylation is 1. The summed E-state index contributed by atoms with van der Waals surface area (Å²) in [5.41, 5.74) is 12.7. The van der Waals surface area contributed by atoms with E-state index in [4.69, 9.17) is 32.9 Å². The molecule has 0 unspecified atom stereocenters. The Labute approximate surface area is 218 Å². The number of fused-ring (bicyclic) bond motifs is 2. The number of hydrogen-bond acceptors (Lipinski definition) is 5. The summed E-state index contributed by atoms with van der Waals surface area (Å²) in [7, 11) is 0. The number of carbonyl (C=O) groups excluding carboxylic acids is 1. The summed E-state index contributed by atoms with van der Waals surface area (Å²) in [6.07, 6.45) is -0.602. The Morgan fingerprint density at radius 3 is 2.42 bits per heavy atom. The zero-order valence-electron chi connectivity index (χ0n) is 19.3. The molecule has 5 aromatic rings. The van der Waals surface area contributed by atoms with E-state index in [2.05, 4.69) is 35.2 Å². The molecule has 180 valence electrons. The molecular weight excluding hydrogens is 495 g/mol. The second kappa shape index (κ2) is 10.3. The number of aromatic nitrogens is 1. The molecule has 0 fully saturated rings. The van der Waals surface area contributed by atoms with Crippen LogP contribution >= 0.6 is 23.2 Å². The largest absolute Gasteiger partial charge is 0.444 e. The van der Waals surface area contributed by atoms with Crippen LogP contribution in [0.25, 0.3) is 21.8 Å². The van der Waals surface area contributed by atoms with E-state index >= 15 is 0 Å². The van der Waals surface area contributed by atoms with Crippen LogP contribution in [0.5, 0.6) is 0 Å². The highest BCUT2D eigenvalue weighted by Crippen LogP contribution is 2.31. The van der Waals surface area contributed by atoms with Crippen molar-refractivity contribution in [3.05, 3.63) is 106 Å². The minimum atomic E-state index is -0.602. The molecule has 1 amide bonds. The van der Waals surface area contributed by atoms with Gasteiger partial charge in [-0.15, -0.1) is 0 Å². The van der Waals surface area contributed by atoms with Gasteiger partial charge in [0.25, 0.3) is 0 Å². The van der Waals surface area contributed by atoms with Crippen molar-refractivity contribution in [2.24, 2.45) is 0 Å². The van der Waals surface area contributed by atoms with E-state index in [1.54, 1.807) is 18.2 Å². The zero-order valence-corrected chi connectivity index (χ0v) is 20.8. The van der Waals surface area contributed by atoms with Crippen LogP contribution in [0.1, 0.15) is 11.1 Å². The number of ether oxygens (including phenoxy) is 1. The van der Waals surface area contributed by atoms with Gasteiger partial charge in [-0.3, -0.25) is 10.7 Å². The number of para-hydroxylation sites is 1. The predicted molar refractivity (Wildman–Crippen MR) is 148 cm³/mol. The van der Waals surface area contributed by atoms with E-state index in [1.807, 2.05) is 54.6 Å². The molecule has 6 nitrogen and oxygen atoms in total. The van der Waals surface area contributed by atoms with Crippen molar-refractivity contribution >= 4 is 68.2 Å². The Balaban J connectivity index is 1.29. The Bertz CT molecular complexity index is 1570. The summed E-state index contributed by atoms with van der Waals surface area (Å²) >= 11 is 12.0. The van der Waals surface area contributed by atoms with E-state index in [0.29, 0.717) is 15.7 Å². The van der Waals surface area contributed by atoms with Gasteiger partial charge in [0, 0.05) is 26.5 Å². The predicted octanol–water partition coefficient (Wildman–Crippen LogP) is 8.19. The number of amides is 1. The summed E-state index contributed by atoms with van der Waals surface area (Å²) in [6.45, 7) is 2.16. The Kier molecular flexibility index (Phi) is 6.80. The number of pyridine rings is 1. The van der Waals surface area contributed by atoms with Crippen molar-refractivity contribution in [3.8, 4) is 0 Å². The maximum Gasteiger partial charge on any atom is 0.411 e. The molecule has 0 aliphatic heterocycles. The van der Waals surface area contributed by atoms with E-state index < -0.39 is 6.09 Å². The van der Waals surface area contributed by atoms with Crippen molar-refractivity contribution in [3.63, 3.8) is 0 Å². The van der Waals surface area contributed by atoms with Gasteiger partial charge in [-0.2, -0.15) is 0 Å². The summed E-state index contributed by atoms with van der Waals surface area (Å²) in [5, 5.41) is 5.52. The fourth-order valence-corrected chi connectivity index (χ4v) is 4.47.